The maximum Gasteiger partial charge on any atom is 0.308 e. The number of ketones is 1. The van der Waals surface area contributed by atoms with Gasteiger partial charge in [0.05, 0.1) is 26.9 Å². The topological polar surface area (TPSA) is 80.3 Å². The molecule has 0 amide bonds. The van der Waals surface area contributed by atoms with E-state index in [9.17, 15) is 9.59 Å². The molecule has 3 rings (SSSR count). The second-order valence-electron chi connectivity index (χ2n) is 6.07. The van der Waals surface area contributed by atoms with E-state index < -0.39 is 5.97 Å². The van der Waals surface area contributed by atoms with Gasteiger partial charge in [-0.2, -0.15) is 0 Å². The number of aryl methyl sites for hydroxylation is 1. The van der Waals surface area contributed by atoms with Crippen LogP contribution in [0.1, 0.15) is 28.4 Å². The van der Waals surface area contributed by atoms with E-state index in [-0.39, 0.29) is 11.5 Å². The molecule has 0 spiro atoms. The standard InChI is InChI=1S/C21H20O7/c1-11-8-14(27-12(2)22)10-16-18(11)19(23)17(28-16)9-13-6-7-15(24-3)21(26-5)20(13)25-4/h6-10H,1-5H3/b17-9-. The molecule has 28 heavy (non-hydrogen) atoms. The van der Waals surface area contributed by atoms with Crippen LogP contribution in [0.25, 0.3) is 6.08 Å². The maximum atomic E-state index is 12.8. The minimum atomic E-state index is -0.450. The predicted molar refractivity (Wildman–Crippen MR) is 102 cm³/mol. The van der Waals surface area contributed by atoms with Gasteiger partial charge in [0.2, 0.25) is 11.5 Å². The van der Waals surface area contributed by atoms with Crippen molar-refractivity contribution in [2.24, 2.45) is 0 Å². The van der Waals surface area contributed by atoms with Gasteiger partial charge in [-0.15, -0.1) is 0 Å². The average molecular weight is 384 g/mol. The highest BCUT2D eigenvalue weighted by molar-refractivity contribution is 6.15. The van der Waals surface area contributed by atoms with Crippen molar-refractivity contribution in [1.29, 1.82) is 0 Å². The molecule has 0 unspecified atom stereocenters. The molecule has 0 radical (unpaired) electrons. The first-order valence-electron chi connectivity index (χ1n) is 8.45. The zero-order valence-electron chi connectivity index (χ0n) is 16.2. The fourth-order valence-electron chi connectivity index (χ4n) is 3.08. The van der Waals surface area contributed by atoms with Gasteiger partial charge in [0.15, 0.2) is 17.3 Å². The lowest BCUT2D eigenvalue weighted by atomic mass is 10.0. The number of methoxy groups -OCH3 is 3. The Morgan fingerprint density at radius 1 is 1.04 bits per heavy atom. The van der Waals surface area contributed by atoms with Gasteiger partial charge in [0.25, 0.3) is 0 Å². The van der Waals surface area contributed by atoms with E-state index in [4.69, 9.17) is 23.7 Å². The number of carbonyl (C=O) groups excluding carboxylic acids is 2. The Morgan fingerprint density at radius 3 is 2.36 bits per heavy atom. The minimum Gasteiger partial charge on any atom is -0.493 e. The first-order chi connectivity index (χ1) is 13.4. The highest BCUT2D eigenvalue weighted by Crippen LogP contribution is 2.42. The summed E-state index contributed by atoms with van der Waals surface area (Å²) < 4.78 is 26.9. The quantitative estimate of drug-likeness (QED) is 0.443. The van der Waals surface area contributed by atoms with Crippen molar-refractivity contribution in [2.75, 3.05) is 21.3 Å². The van der Waals surface area contributed by atoms with Crippen molar-refractivity contribution in [3.63, 3.8) is 0 Å². The van der Waals surface area contributed by atoms with Crippen molar-refractivity contribution >= 4 is 17.8 Å². The molecule has 0 aromatic heterocycles. The zero-order chi connectivity index (χ0) is 20.4. The van der Waals surface area contributed by atoms with Gasteiger partial charge in [-0.1, -0.05) is 0 Å². The average Bonchev–Trinajstić information content (AvgIpc) is 2.96. The van der Waals surface area contributed by atoms with Crippen molar-refractivity contribution in [3.05, 3.63) is 46.7 Å². The number of Topliss-reactive ketones (excluding diaryl/α,β-unsaturated/α-hetero) is 1. The summed E-state index contributed by atoms with van der Waals surface area (Å²) in [5.74, 6) is 1.41. The van der Waals surface area contributed by atoms with Crippen LogP contribution in [0.5, 0.6) is 28.7 Å². The summed E-state index contributed by atoms with van der Waals surface area (Å²) >= 11 is 0. The number of hydrogen-bond donors (Lipinski definition) is 0. The van der Waals surface area contributed by atoms with Gasteiger partial charge in [-0.25, -0.2) is 0 Å². The Kier molecular flexibility index (Phi) is 5.26. The highest BCUT2D eigenvalue weighted by atomic mass is 16.5. The number of benzene rings is 2. The van der Waals surface area contributed by atoms with Crippen molar-refractivity contribution < 1.29 is 33.3 Å². The van der Waals surface area contributed by atoms with Crippen molar-refractivity contribution in [2.45, 2.75) is 13.8 Å². The van der Waals surface area contributed by atoms with Crippen LogP contribution >= 0.6 is 0 Å². The molecule has 0 saturated carbocycles. The minimum absolute atomic E-state index is 0.128. The third-order valence-electron chi connectivity index (χ3n) is 4.23. The number of rotatable bonds is 5. The fourth-order valence-corrected chi connectivity index (χ4v) is 3.08. The number of carbonyl (C=O) groups is 2. The molecule has 1 aliphatic rings. The van der Waals surface area contributed by atoms with Crippen LogP contribution in [0.2, 0.25) is 0 Å². The molecule has 7 nitrogen and oxygen atoms in total. The summed E-state index contributed by atoms with van der Waals surface area (Å²) in [6.45, 7) is 3.07. The van der Waals surface area contributed by atoms with Crippen LogP contribution in [0.4, 0.5) is 0 Å². The molecular formula is C21H20O7. The summed E-state index contributed by atoms with van der Waals surface area (Å²) in [6, 6.07) is 6.60. The Balaban J connectivity index is 2.04. The van der Waals surface area contributed by atoms with Crippen molar-refractivity contribution in [3.8, 4) is 28.7 Å². The molecule has 2 aromatic rings. The molecule has 2 aromatic carbocycles. The summed E-state index contributed by atoms with van der Waals surface area (Å²) in [6.07, 6.45) is 1.58. The Labute approximate surface area is 162 Å². The molecule has 0 N–H and O–H groups in total. The number of fused-ring (bicyclic) bond motifs is 1. The number of hydrogen-bond acceptors (Lipinski definition) is 7. The molecule has 146 valence electrons. The van der Waals surface area contributed by atoms with Gasteiger partial charge in [-0.3, -0.25) is 9.59 Å². The Morgan fingerprint density at radius 2 is 1.75 bits per heavy atom. The molecule has 0 fully saturated rings. The largest absolute Gasteiger partial charge is 0.493 e. The molecule has 0 saturated heterocycles. The van der Waals surface area contributed by atoms with Gasteiger partial charge in [0, 0.05) is 18.6 Å². The molecule has 0 aliphatic carbocycles. The van der Waals surface area contributed by atoms with Crippen LogP contribution in [0.3, 0.4) is 0 Å². The molecular weight excluding hydrogens is 364 g/mol. The van der Waals surface area contributed by atoms with Crippen LogP contribution in [0.15, 0.2) is 30.0 Å². The zero-order valence-corrected chi connectivity index (χ0v) is 16.2. The number of allylic oxidation sites excluding steroid dienone is 1. The highest BCUT2D eigenvalue weighted by Gasteiger charge is 2.31. The SMILES string of the molecule is COc1ccc(/C=C2\Oc3cc(OC(C)=O)cc(C)c3C2=O)c(OC)c1OC. The molecule has 1 aliphatic heterocycles. The number of esters is 1. The normalized spacial score (nSPS) is 13.8. The molecule has 0 bridgehead atoms. The maximum absolute atomic E-state index is 12.8. The summed E-state index contributed by atoms with van der Waals surface area (Å²) in [5, 5.41) is 0. The van der Waals surface area contributed by atoms with Gasteiger partial charge in [0.1, 0.15) is 11.5 Å². The Hall–Kier alpha value is -3.48. The first-order valence-corrected chi connectivity index (χ1v) is 8.45. The fraction of sp³-hybridized carbons (Fsp3) is 0.238. The van der Waals surface area contributed by atoms with Crippen molar-refractivity contribution in [1.82, 2.24) is 0 Å². The third kappa shape index (κ3) is 3.38. The van der Waals surface area contributed by atoms with E-state index >= 15 is 0 Å². The van der Waals surface area contributed by atoms with E-state index in [1.54, 1.807) is 31.2 Å². The van der Waals surface area contributed by atoms with E-state index in [1.807, 2.05) is 0 Å². The van der Waals surface area contributed by atoms with Crippen LogP contribution in [0, 0.1) is 6.92 Å². The van der Waals surface area contributed by atoms with E-state index in [0.717, 1.165) is 0 Å². The summed E-state index contributed by atoms with van der Waals surface area (Å²) in [5.41, 5.74) is 1.68. The van der Waals surface area contributed by atoms with E-state index in [0.29, 0.717) is 45.4 Å². The first kappa shape index (κ1) is 19.3. The third-order valence-corrected chi connectivity index (χ3v) is 4.23. The second-order valence-corrected chi connectivity index (χ2v) is 6.07. The second kappa shape index (κ2) is 7.64. The van der Waals surface area contributed by atoms with Gasteiger partial charge >= 0.3 is 5.97 Å². The van der Waals surface area contributed by atoms with Crippen LogP contribution < -0.4 is 23.7 Å². The smallest absolute Gasteiger partial charge is 0.308 e. The van der Waals surface area contributed by atoms with Crippen LogP contribution in [-0.4, -0.2) is 33.1 Å². The Bertz CT molecular complexity index is 989. The monoisotopic (exact) mass is 384 g/mol. The molecule has 1 heterocycles. The molecule has 0 atom stereocenters. The van der Waals surface area contributed by atoms with Gasteiger partial charge < -0.3 is 23.7 Å². The number of ether oxygens (including phenoxy) is 5. The van der Waals surface area contributed by atoms with Crippen LogP contribution in [-0.2, 0) is 4.79 Å². The summed E-state index contributed by atoms with van der Waals surface area (Å²) in [4.78, 5) is 24.0. The lowest BCUT2D eigenvalue weighted by Gasteiger charge is -2.14. The lowest BCUT2D eigenvalue weighted by Crippen LogP contribution is -2.03. The lowest BCUT2D eigenvalue weighted by molar-refractivity contribution is -0.131. The van der Waals surface area contributed by atoms with E-state index in [1.165, 1.54) is 34.3 Å². The van der Waals surface area contributed by atoms with E-state index in [2.05, 4.69) is 0 Å². The predicted octanol–water partition coefficient (Wildman–Crippen LogP) is 3.56. The summed E-state index contributed by atoms with van der Waals surface area (Å²) in [7, 11) is 4.53. The molecule has 7 heteroatoms. The van der Waals surface area contributed by atoms with Gasteiger partial charge in [-0.05, 0) is 36.8 Å².